The molecule has 0 saturated carbocycles. The maximum Gasteiger partial charge on any atom is 0.264 e. The molecule has 0 spiro atoms. The molecule has 146 valence electrons. The molecule has 4 rings (SSSR count). The van der Waals surface area contributed by atoms with E-state index in [2.05, 4.69) is 0 Å². The zero-order chi connectivity index (χ0) is 20.6. The van der Waals surface area contributed by atoms with Crippen LogP contribution >= 0.6 is 0 Å². The number of ketones is 1. The van der Waals surface area contributed by atoms with Crippen LogP contribution in [0, 0.1) is 13.8 Å². The molecule has 4 nitrogen and oxygen atoms in total. The van der Waals surface area contributed by atoms with E-state index in [-0.39, 0.29) is 12.2 Å². The fraction of sp³-hybridized carbons (Fsp3) is 0.200. The third kappa shape index (κ3) is 3.36. The molecular weight excluding hydrogens is 362 g/mol. The molecule has 1 aliphatic heterocycles. The van der Waals surface area contributed by atoms with Crippen molar-refractivity contribution in [1.82, 2.24) is 0 Å². The molecule has 3 aromatic rings. The van der Waals surface area contributed by atoms with Crippen molar-refractivity contribution in [1.29, 1.82) is 0 Å². The second-order valence-electron chi connectivity index (χ2n) is 7.67. The predicted molar refractivity (Wildman–Crippen MR) is 113 cm³/mol. The largest absolute Gasteiger partial charge is 0.375 e. The van der Waals surface area contributed by atoms with Crippen molar-refractivity contribution >= 4 is 17.4 Å². The van der Waals surface area contributed by atoms with Gasteiger partial charge in [0.25, 0.3) is 5.91 Å². The molecule has 29 heavy (non-hydrogen) atoms. The number of hydrogen-bond donors (Lipinski definition) is 1. The molecule has 0 aliphatic carbocycles. The van der Waals surface area contributed by atoms with Crippen LogP contribution in [0.4, 0.5) is 5.69 Å². The van der Waals surface area contributed by atoms with E-state index in [9.17, 15) is 14.7 Å². The van der Waals surface area contributed by atoms with Gasteiger partial charge >= 0.3 is 0 Å². The average molecular weight is 385 g/mol. The summed E-state index contributed by atoms with van der Waals surface area (Å²) in [6.45, 7) is 4.13. The summed E-state index contributed by atoms with van der Waals surface area (Å²) in [7, 11) is 0. The number of Topliss-reactive ketones (excluding diaryl/α,β-unsaturated/α-hetero) is 1. The van der Waals surface area contributed by atoms with Gasteiger partial charge in [0.2, 0.25) is 0 Å². The van der Waals surface area contributed by atoms with Crippen molar-refractivity contribution in [2.75, 3.05) is 4.90 Å². The first-order chi connectivity index (χ1) is 13.9. The lowest BCUT2D eigenvalue weighted by Gasteiger charge is -2.23. The first kappa shape index (κ1) is 19.1. The van der Waals surface area contributed by atoms with E-state index < -0.39 is 11.5 Å². The van der Waals surface area contributed by atoms with Gasteiger partial charge in [0.15, 0.2) is 11.4 Å². The molecule has 1 aliphatic rings. The molecule has 0 unspecified atom stereocenters. The maximum atomic E-state index is 13.3. The van der Waals surface area contributed by atoms with Gasteiger partial charge in [-0.3, -0.25) is 9.59 Å². The van der Waals surface area contributed by atoms with Crippen LogP contribution in [0.5, 0.6) is 0 Å². The van der Waals surface area contributed by atoms with Crippen LogP contribution in [0.3, 0.4) is 0 Å². The maximum absolute atomic E-state index is 13.3. The number of amides is 1. The smallest absolute Gasteiger partial charge is 0.264 e. The Morgan fingerprint density at radius 3 is 2.41 bits per heavy atom. The topological polar surface area (TPSA) is 57.6 Å². The zero-order valence-corrected chi connectivity index (χ0v) is 16.6. The summed E-state index contributed by atoms with van der Waals surface area (Å²) in [5.74, 6) is -0.695. The quantitative estimate of drug-likeness (QED) is 0.666. The monoisotopic (exact) mass is 385 g/mol. The van der Waals surface area contributed by atoms with Gasteiger partial charge in [-0.15, -0.1) is 0 Å². The number of para-hydroxylation sites is 1. The Morgan fingerprint density at radius 1 is 0.966 bits per heavy atom. The summed E-state index contributed by atoms with van der Waals surface area (Å²) in [6.07, 6.45) is -0.279. The van der Waals surface area contributed by atoms with Crippen molar-refractivity contribution in [2.45, 2.75) is 32.4 Å². The summed E-state index contributed by atoms with van der Waals surface area (Å²) >= 11 is 0. The molecule has 4 heteroatoms. The van der Waals surface area contributed by atoms with Crippen LogP contribution in [0.25, 0.3) is 0 Å². The van der Waals surface area contributed by atoms with Crippen molar-refractivity contribution in [3.05, 3.63) is 101 Å². The molecule has 3 aromatic carbocycles. The van der Waals surface area contributed by atoms with E-state index in [1.165, 1.54) is 0 Å². The molecule has 0 radical (unpaired) electrons. The van der Waals surface area contributed by atoms with Crippen LogP contribution in [0.2, 0.25) is 0 Å². The van der Waals surface area contributed by atoms with Gasteiger partial charge < -0.3 is 10.0 Å². The highest BCUT2D eigenvalue weighted by Crippen LogP contribution is 2.43. The molecule has 0 aromatic heterocycles. The molecule has 1 amide bonds. The van der Waals surface area contributed by atoms with Gasteiger partial charge in [-0.2, -0.15) is 0 Å². The Labute approximate surface area is 170 Å². The van der Waals surface area contributed by atoms with Crippen LogP contribution in [-0.4, -0.2) is 16.8 Å². The number of aliphatic hydroxyl groups is 1. The Morgan fingerprint density at radius 2 is 1.66 bits per heavy atom. The van der Waals surface area contributed by atoms with Crippen LogP contribution in [-0.2, 0) is 16.9 Å². The first-order valence-electron chi connectivity index (χ1n) is 9.68. The van der Waals surface area contributed by atoms with Crippen molar-refractivity contribution in [3.63, 3.8) is 0 Å². The Balaban J connectivity index is 1.70. The van der Waals surface area contributed by atoms with Crippen LogP contribution < -0.4 is 4.90 Å². The molecule has 0 bridgehead atoms. The van der Waals surface area contributed by atoms with Crippen LogP contribution in [0.1, 0.15) is 39.0 Å². The number of carbonyl (C=O) groups excluding carboxylic acids is 2. The second-order valence-corrected chi connectivity index (χ2v) is 7.67. The third-order valence-corrected chi connectivity index (χ3v) is 5.53. The number of benzene rings is 3. The summed E-state index contributed by atoms with van der Waals surface area (Å²) in [5, 5.41) is 11.4. The summed E-state index contributed by atoms with van der Waals surface area (Å²) in [4.78, 5) is 28.0. The van der Waals surface area contributed by atoms with Crippen molar-refractivity contribution < 1.29 is 14.7 Å². The Bertz CT molecular complexity index is 1090. The van der Waals surface area contributed by atoms with Crippen molar-refractivity contribution in [3.8, 4) is 0 Å². The number of aryl methyl sites for hydroxylation is 2. The fourth-order valence-corrected chi connectivity index (χ4v) is 3.96. The molecule has 0 saturated heterocycles. The number of anilines is 1. The van der Waals surface area contributed by atoms with Gasteiger partial charge in [0.05, 0.1) is 18.7 Å². The van der Waals surface area contributed by atoms with E-state index in [0.29, 0.717) is 23.4 Å². The molecular formula is C25H23NO3. The van der Waals surface area contributed by atoms with E-state index >= 15 is 0 Å². The summed E-state index contributed by atoms with van der Waals surface area (Å²) in [5.41, 5.74) is 2.58. The van der Waals surface area contributed by atoms with E-state index in [4.69, 9.17) is 0 Å². The number of rotatable bonds is 5. The van der Waals surface area contributed by atoms with Gasteiger partial charge in [0.1, 0.15) is 0 Å². The summed E-state index contributed by atoms with van der Waals surface area (Å²) in [6, 6.07) is 22.4. The normalized spacial score (nSPS) is 18.0. The number of hydrogen-bond acceptors (Lipinski definition) is 3. The average Bonchev–Trinajstić information content (AvgIpc) is 2.92. The minimum absolute atomic E-state index is 0.238. The number of carbonyl (C=O) groups is 2. The zero-order valence-electron chi connectivity index (χ0n) is 16.6. The lowest BCUT2D eigenvalue weighted by atomic mass is 9.87. The Hall–Kier alpha value is -3.24. The minimum Gasteiger partial charge on any atom is -0.375 e. The number of nitrogens with zero attached hydrogens (tertiary/aromatic N) is 1. The van der Waals surface area contributed by atoms with Gasteiger partial charge in [0, 0.05) is 11.1 Å². The third-order valence-electron chi connectivity index (χ3n) is 5.53. The van der Waals surface area contributed by atoms with E-state index in [1.807, 2.05) is 74.5 Å². The Kier molecular flexibility index (Phi) is 4.81. The molecule has 0 fully saturated rings. The molecule has 1 atom stereocenters. The minimum atomic E-state index is -1.86. The standard InChI is InChI=1S/C25H23NO3/c1-17-12-13-18(2)20(14-17)23(27)15-25(29)21-10-6-7-11-22(21)26(24(25)28)16-19-8-4-3-5-9-19/h3-14,29H,15-16H2,1-2H3/t25-/m0/s1. The highest BCUT2D eigenvalue weighted by atomic mass is 16.3. The number of fused-ring (bicyclic) bond motifs is 1. The first-order valence-corrected chi connectivity index (χ1v) is 9.68. The van der Waals surface area contributed by atoms with Gasteiger partial charge in [-0.05, 0) is 37.1 Å². The fourth-order valence-electron chi connectivity index (χ4n) is 3.96. The van der Waals surface area contributed by atoms with Gasteiger partial charge in [-0.1, -0.05) is 66.2 Å². The second kappa shape index (κ2) is 7.30. The summed E-state index contributed by atoms with van der Waals surface area (Å²) < 4.78 is 0. The lowest BCUT2D eigenvalue weighted by Crippen LogP contribution is -2.41. The van der Waals surface area contributed by atoms with Crippen molar-refractivity contribution in [2.24, 2.45) is 0 Å². The van der Waals surface area contributed by atoms with Gasteiger partial charge in [-0.25, -0.2) is 0 Å². The lowest BCUT2D eigenvalue weighted by molar-refractivity contribution is -0.136. The van der Waals surface area contributed by atoms with Crippen LogP contribution in [0.15, 0.2) is 72.8 Å². The van der Waals surface area contributed by atoms with E-state index in [1.54, 1.807) is 17.0 Å². The molecule has 1 heterocycles. The molecule has 1 N–H and O–H groups in total. The highest BCUT2D eigenvalue weighted by molar-refractivity contribution is 6.11. The highest BCUT2D eigenvalue weighted by Gasteiger charge is 2.50. The van der Waals surface area contributed by atoms with E-state index in [0.717, 1.165) is 16.7 Å². The predicted octanol–water partition coefficient (Wildman–Crippen LogP) is 4.31. The SMILES string of the molecule is Cc1ccc(C)c(C(=O)C[C@@]2(O)C(=O)N(Cc3ccccc3)c3ccccc32)c1.